The van der Waals surface area contributed by atoms with E-state index in [1.54, 1.807) is 14.2 Å². The molecule has 0 amide bonds. The van der Waals surface area contributed by atoms with Gasteiger partial charge in [0.25, 0.3) is 0 Å². The molecule has 2 aromatic rings. The zero-order valence-corrected chi connectivity index (χ0v) is 14.4. The van der Waals surface area contributed by atoms with Crippen LogP contribution in [-0.2, 0) is 0 Å². The molecule has 5 nitrogen and oxygen atoms in total. The third-order valence-corrected chi connectivity index (χ3v) is 4.50. The van der Waals surface area contributed by atoms with Gasteiger partial charge in [-0.25, -0.2) is 0 Å². The zero-order chi connectivity index (χ0) is 16.8. The molecule has 0 radical (unpaired) electrons. The number of rotatable bonds is 5. The highest BCUT2D eigenvalue weighted by molar-refractivity contribution is 5.50. The molecule has 0 aliphatic carbocycles. The fraction of sp³-hybridized carbons (Fsp3) is 0.421. The second kappa shape index (κ2) is 8.13. The van der Waals surface area contributed by atoms with Crippen LogP contribution in [0.25, 0.3) is 0 Å². The van der Waals surface area contributed by atoms with Crippen LogP contribution in [0.15, 0.2) is 42.7 Å². The van der Waals surface area contributed by atoms with Gasteiger partial charge < -0.3 is 14.8 Å². The van der Waals surface area contributed by atoms with E-state index in [0.29, 0.717) is 0 Å². The van der Waals surface area contributed by atoms with Crippen LogP contribution >= 0.6 is 0 Å². The van der Waals surface area contributed by atoms with E-state index in [2.05, 4.69) is 27.3 Å². The lowest BCUT2D eigenvalue weighted by molar-refractivity contribution is 0.231. The molecule has 1 fully saturated rings. The maximum atomic E-state index is 5.67. The monoisotopic (exact) mass is 327 g/mol. The summed E-state index contributed by atoms with van der Waals surface area (Å²) in [5, 5.41) is 3.48. The number of hydrogen-bond acceptors (Lipinski definition) is 5. The van der Waals surface area contributed by atoms with E-state index >= 15 is 0 Å². The Kier molecular flexibility index (Phi) is 5.67. The van der Waals surface area contributed by atoms with Crippen LogP contribution in [0, 0.1) is 0 Å². The van der Waals surface area contributed by atoms with Gasteiger partial charge in [-0.1, -0.05) is 6.07 Å². The van der Waals surface area contributed by atoms with Gasteiger partial charge in [0.15, 0.2) is 0 Å². The average Bonchev–Trinajstić information content (AvgIpc) is 2.92. The quantitative estimate of drug-likeness (QED) is 0.914. The number of nitrogens with zero attached hydrogens (tertiary/aromatic N) is 2. The van der Waals surface area contributed by atoms with E-state index in [9.17, 15) is 0 Å². The van der Waals surface area contributed by atoms with Crippen LogP contribution < -0.4 is 14.8 Å². The lowest BCUT2D eigenvalue weighted by Gasteiger charge is -2.33. The molecule has 1 aliphatic heterocycles. The van der Waals surface area contributed by atoms with E-state index < -0.39 is 0 Å². The van der Waals surface area contributed by atoms with Crippen molar-refractivity contribution >= 4 is 0 Å². The summed E-state index contributed by atoms with van der Waals surface area (Å²) in [6.07, 6.45) is 4.82. The molecule has 2 heterocycles. The molecule has 1 saturated heterocycles. The predicted molar refractivity (Wildman–Crippen MR) is 94.7 cm³/mol. The van der Waals surface area contributed by atoms with Crippen LogP contribution in [0.3, 0.4) is 0 Å². The minimum atomic E-state index is 0.0824. The van der Waals surface area contributed by atoms with Gasteiger partial charge in [-0.3, -0.25) is 9.88 Å². The summed E-state index contributed by atoms with van der Waals surface area (Å²) in [5.74, 6) is 1.71. The number of aromatic nitrogens is 1. The maximum Gasteiger partial charge on any atom is 0.127 e. The van der Waals surface area contributed by atoms with Gasteiger partial charge in [-0.2, -0.15) is 0 Å². The molecule has 5 heteroatoms. The van der Waals surface area contributed by atoms with Crippen molar-refractivity contribution in [3.63, 3.8) is 0 Å². The van der Waals surface area contributed by atoms with Gasteiger partial charge in [-0.15, -0.1) is 0 Å². The molecule has 1 aromatic heterocycles. The van der Waals surface area contributed by atoms with Crippen LogP contribution in [0.1, 0.15) is 23.6 Å². The molecule has 3 rings (SSSR count). The summed E-state index contributed by atoms with van der Waals surface area (Å²) in [4.78, 5) is 6.67. The SMILES string of the molecule is COc1cccc(OC)c1C(c1ccncc1)N1CCCNCC1. The summed E-state index contributed by atoms with van der Waals surface area (Å²) in [5.41, 5.74) is 2.28. The van der Waals surface area contributed by atoms with Gasteiger partial charge in [0.2, 0.25) is 0 Å². The van der Waals surface area contributed by atoms with Crippen LogP contribution in [-0.4, -0.2) is 50.3 Å². The number of ether oxygens (including phenoxy) is 2. The van der Waals surface area contributed by atoms with Crippen molar-refractivity contribution in [2.45, 2.75) is 12.5 Å². The highest BCUT2D eigenvalue weighted by atomic mass is 16.5. The molecule has 1 unspecified atom stereocenters. The van der Waals surface area contributed by atoms with Crippen molar-refractivity contribution in [2.24, 2.45) is 0 Å². The Bertz CT molecular complexity index is 618. The molecule has 0 bridgehead atoms. The number of methoxy groups -OCH3 is 2. The van der Waals surface area contributed by atoms with Gasteiger partial charge >= 0.3 is 0 Å². The van der Waals surface area contributed by atoms with Crippen LogP contribution in [0.4, 0.5) is 0 Å². The molecular formula is C19H25N3O2. The molecule has 1 atom stereocenters. The molecule has 128 valence electrons. The van der Waals surface area contributed by atoms with E-state index in [1.165, 1.54) is 5.56 Å². The highest BCUT2D eigenvalue weighted by Crippen LogP contribution is 2.40. The fourth-order valence-corrected chi connectivity index (χ4v) is 3.38. The highest BCUT2D eigenvalue weighted by Gasteiger charge is 2.28. The van der Waals surface area contributed by atoms with Crippen LogP contribution in [0.2, 0.25) is 0 Å². The number of pyridine rings is 1. The fourth-order valence-electron chi connectivity index (χ4n) is 3.38. The molecule has 0 saturated carbocycles. The third-order valence-electron chi connectivity index (χ3n) is 4.50. The maximum absolute atomic E-state index is 5.67. The topological polar surface area (TPSA) is 46.6 Å². The van der Waals surface area contributed by atoms with E-state index in [0.717, 1.165) is 49.7 Å². The summed E-state index contributed by atoms with van der Waals surface area (Å²) in [7, 11) is 3.43. The van der Waals surface area contributed by atoms with Gasteiger partial charge in [-0.05, 0) is 42.8 Å². The van der Waals surface area contributed by atoms with E-state index in [4.69, 9.17) is 9.47 Å². The molecular weight excluding hydrogens is 302 g/mol. The first-order valence-corrected chi connectivity index (χ1v) is 8.40. The first kappa shape index (κ1) is 16.7. The Balaban J connectivity index is 2.11. The minimum absolute atomic E-state index is 0.0824. The van der Waals surface area contributed by atoms with E-state index in [1.807, 2.05) is 30.6 Å². The molecule has 1 aliphatic rings. The Labute approximate surface area is 143 Å². The average molecular weight is 327 g/mol. The number of hydrogen-bond donors (Lipinski definition) is 1. The van der Waals surface area contributed by atoms with Crippen molar-refractivity contribution in [1.82, 2.24) is 15.2 Å². The zero-order valence-electron chi connectivity index (χ0n) is 14.4. The van der Waals surface area contributed by atoms with Crippen molar-refractivity contribution in [2.75, 3.05) is 40.4 Å². The Hall–Kier alpha value is -2.11. The summed E-state index contributed by atoms with van der Waals surface area (Å²) in [6.45, 7) is 4.05. The number of nitrogens with one attached hydrogen (secondary N) is 1. The largest absolute Gasteiger partial charge is 0.496 e. The van der Waals surface area contributed by atoms with Gasteiger partial charge in [0.05, 0.1) is 25.8 Å². The van der Waals surface area contributed by atoms with Gasteiger partial charge in [0, 0.05) is 32.0 Å². The van der Waals surface area contributed by atoms with Crippen LogP contribution in [0.5, 0.6) is 11.5 Å². The summed E-state index contributed by atoms with van der Waals surface area (Å²) in [6, 6.07) is 10.2. The molecule has 1 aromatic carbocycles. The third kappa shape index (κ3) is 3.52. The molecule has 1 N–H and O–H groups in total. The second-order valence-electron chi connectivity index (χ2n) is 5.90. The Morgan fingerprint density at radius 2 is 1.71 bits per heavy atom. The van der Waals surface area contributed by atoms with Crippen molar-refractivity contribution < 1.29 is 9.47 Å². The van der Waals surface area contributed by atoms with Crippen molar-refractivity contribution in [3.05, 3.63) is 53.9 Å². The first-order chi connectivity index (χ1) is 11.8. The lowest BCUT2D eigenvalue weighted by atomic mass is 9.95. The number of benzene rings is 1. The second-order valence-corrected chi connectivity index (χ2v) is 5.90. The Morgan fingerprint density at radius 1 is 1.00 bits per heavy atom. The standard InChI is InChI=1S/C19H25N3O2/c1-23-16-5-3-6-17(24-2)18(16)19(15-7-10-21-11-8-15)22-13-4-9-20-12-14-22/h3,5-8,10-11,19-20H,4,9,12-14H2,1-2H3. The van der Waals surface area contributed by atoms with Gasteiger partial charge in [0.1, 0.15) is 11.5 Å². The first-order valence-electron chi connectivity index (χ1n) is 8.40. The van der Waals surface area contributed by atoms with E-state index in [-0.39, 0.29) is 6.04 Å². The lowest BCUT2D eigenvalue weighted by Crippen LogP contribution is -2.33. The normalized spacial score (nSPS) is 17.1. The smallest absolute Gasteiger partial charge is 0.127 e. The molecule has 24 heavy (non-hydrogen) atoms. The summed E-state index contributed by atoms with van der Waals surface area (Å²) < 4.78 is 11.3. The summed E-state index contributed by atoms with van der Waals surface area (Å²) >= 11 is 0. The predicted octanol–water partition coefficient (Wildman–Crippen LogP) is 2.48. The minimum Gasteiger partial charge on any atom is -0.496 e. The molecule has 0 spiro atoms. The van der Waals surface area contributed by atoms with Crippen molar-refractivity contribution in [1.29, 1.82) is 0 Å². The van der Waals surface area contributed by atoms with Crippen molar-refractivity contribution in [3.8, 4) is 11.5 Å². The Morgan fingerprint density at radius 3 is 2.38 bits per heavy atom.